The first kappa shape index (κ1) is 8.49. The van der Waals surface area contributed by atoms with Gasteiger partial charge in [-0.2, -0.15) is 0 Å². The molecule has 1 heterocycles. The lowest BCUT2D eigenvalue weighted by molar-refractivity contribution is 0.678. The Morgan fingerprint density at radius 3 is 2.73 bits per heavy atom. The van der Waals surface area contributed by atoms with E-state index in [4.69, 9.17) is 16.4 Å². The molecule has 0 spiro atoms. The number of hydrogen-bond acceptors (Lipinski definition) is 3. The number of nitrogens with one attached hydrogen (secondary N) is 1. The Hall–Kier alpha value is -0.610. The predicted octanol–water partition coefficient (Wildman–Crippen LogP) is 1.77. The number of halogens is 1. The smallest absolute Gasteiger partial charge is 0.145 e. The van der Waals surface area contributed by atoms with Crippen LogP contribution in [0.25, 0.3) is 0 Å². The fraction of sp³-hybridized carbons (Fsp3) is 0.167. The van der Waals surface area contributed by atoms with Gasteiger partial charge in [0.05, 0.1) is 14.6 Å². The van der Waals surface area contributed by atoms with Gasteiger partial charge in [0.2, 0.25) is 0 Å². The van der Waals surface area contributed by atoms with Crippen molar-refractivity contribution in [2.75, 3.05) is 6.26 Å². The maximum Gasteiger partial charge on any atom is 0.145 e. The van der Waals surface area contributed by atoms with Crippen LogP contribution in [0.15, 0.2) is 23.2 Å². The van der Waals surface area contributed by atoms with Crippen molar-refractivity contribution in [3.8, 4) is 0 Å². The van der Waals surface area contributed by atoms with Crippen molar-refractivity contribution in [2.45, 2.75) is 4.90 Å². The van der Waals surface area contributed by atoms with Crippen molar-refractivity contribution in [1.82, 2.24) is 4.98 Å². The Morgan fingerprint density at radius 1 is 1.73 bits per heavy atom. The minimum Gasteiger partial charge on any atom is -0.249 e. The lowest BCUT2D eigenvalue weighted by Gasteiger charge is -2.00. The first-order chi connectivity index (χ1) is 5.02. The lowest BCUT2D eigenvalue weighted by atomic mass is 10.5. The predicted molar refractivity (Wildman–Crippen MR) is 44.3 cm³/mol. The monoisotopic (exact) mass is 190 g/mol. The third-order valence-corrected chi connectivity index (χ3v) is 2.73. The summed E-state index contributed by atoms with van der Waals surface area (Å²) in [5.41, 5.74) is 0. The Morgan fingerprint density at radius 2 is 2.36 bits per heavy atom. The summed E-state index contributed by atoms with van der Waals surface area (Å²) in [7, 11) is -2.73. The molecular formula is C6H7ClN2OS. The largest absolute Gasteiger partial charge is 0.249 e. The SMILES string of the molecule is CS(=N)(=O)c1cccnc1Cl. The highest BCUT2D eigenvalue weighted by molar-refractivity contribution is 7.91. The van der Waals surface area contributed by atoms with E-state index in [0.717, 1.165) is 0 Å². The average molecular weight is 191 g/mol. The van der Waals surface area contributed by atoms with Crippen molar-refractivity contribution in [3.63, 3.8) is 0 Å². The molecule has 3 nitrogen and oxygen atoms in total. The summed E-state index contributed by atoms with van der Waals surface area (Å²) in [6, 6.07) is 3.16. The van der Waals surface area contributed by atoms with Gasteiger partial charge in [0.1, 0.15) is 5.15 Å². The molecule has 0 saturated carbocycles. The zero-order valence-electron chi connectivity index (χ0n) is 5.87. The molecule has 1 atom stereocenters. The number of rotatable bonds is 1. The van der Waals surface area contributed by atoms with E-state index < -0.39 is 9.73 Å². The van der Waals surface area contributed by atoms with Crippen LogP contribution < -0.4 is 0 Å². The lowest BCUT2D eigenvalue weighted by Crippen LogP contribution is -1.96. The van der Waals surface area contributed by atoms with Crippen molar-refractivity contribution >= 4 is 21.3 Å². The van der Waals surface area contributed by atoms with Crippen molar-refractivity contribution in [3.05, 3.63) is 23.5 Å². The molecule has 0 fully saturated rings. The second kappa shape index (κ2) is 2.79. The van der Waals surface area contributed by atoms with Gasteiger partial charge in [-0.05, 0) is 12.1 Å². The Labute approximate surface area is 70.4 Å². The zero-order valence-corrected chi connectivity index (χ0v) is 7.45. The molecule has 11 heavy (non-hydrogen) atoms. The molecule has 0 amide bonds. The molecule has 0 aromatic carbocycles. The molecule has 1 aromatic heterocycles. The topological polar surface area (TPSA) is 53.8 Å². The molecule has 60 valence electrons. The molecule has 1 unspecified atom stereocenters. The van der Waals surface area contributed by atoms with Gasteiger partial charge >= 0.3 is 0 Å². The molecule has 1 N–H and O–H groups in total. The second-order valence-corrected chi connectivity index (χ2v) is 4.62. The van der Waals surface area contributed by atoms with Gasteiger partial charge in [0.25, 0.3) is 0 Å². The molecule has 5 heteroatoms. The molecule has 0 aliphatic heterocycles. The molecule has 0 aliphatic rings. The minimum atomic E-state index is -2.73. The van der Waals surface area contributed by atoms with Crippen LogP contribution >= 0.6 is 11.6 Å². The summed E-state index contributed by atoms with van der Waals surface area (Å²) in [6.07, 6.45) is 2.81. The van der Waals surface area contributed by atoms with Crippen LogP contribution in [-0.2, 0) is 9.73 Å². The van der Waals surface area contributed by atoms with E-state index in [-0.39, 0.29) is 5.15 Å². The van der Waals surface area contributed by atoms with Crippen LogP contribution in [0.1, 0.15) is 0 Å². The average Bonchev–Trinajstić information content (AvgIpc) is 1.86. The van der Waals surface area contributed by atoms with E-state index in [0.29, 0.717) is 4.90 Å². The Kier molecular flexibility index (Phi) is 2.15. The standard InChI is InChI=1S/C6H7ClN2OS/c1-11(8,10)5-3-2-4-9-6(5)7/h2-4,8H,1H3. The molecule has 1 rings (SSSR count). The molecular weight excluding hydrogens is 184 g/mol. The molecule has 0 bridgehead atoms. The van der Waals surface area contributed by atoms with E-state index in [2.05, 4.69) is 4.98 Å². The molecule has 0 radical (unpaired) electrons. The number of pyridine rings is 1. The van der Waals surface area contributed by atoms with Crippen molar-refractivity contribution < 1.29 is 4.21 Å². The van der Waals surface area contributed by atoms with Crippen LogP contribution in [0.2, 0.25) is 5.15 Å². The molecule has 0 aliphatic carbocycles. The molecule has 0 saturated heterocycles. The summed E-state index contributed by atoms with van der Waals surface area (Å²) < 4.78 is 18.4. The normalized spacial score (nSPS) is 15.8. The van der Waals surface area contributed by atoms with Gasteiger partial charge in [-0.25, -0.2) is 14.0 Å². The maximum atomic E-state index is 11.2. The van der Waals surface area contributed by atoms with Gasteiger partial charge in [0.15, 0.2) is 0 Å². The second-order valence-electron chi connectivity index (χ2n) is 2.14. The third-order valence-electron chi connectivity index (χ3n) is 1.14. The summed E-state index contributed by atoms with van der Waals surface area (Å²) in [5.74, 6) is 0. The Balaban J connectivity index is 3.37. The van der Waals surface area contributed by atoms with Crippen LogP contribution in [0, 0.1) is 4.78 Å². The summed E-state index contributed by atoms with van der Waals surface area (Å²) in [5, 5.41) is 0.148. The van der Waals surface area contributed by atoms with Crippen molar-refractivity contribution in [2.24, 2.45) is 0 Å². The van der Waals surface area contributed by atoms with Gasteiger partial charge in [-0.1, -0.05) is 11.6 Å². The van der Waals surface area contributed by atoms with Gasteiger partial charge in [-0.3, -0.25) is 0 Å². The van der Waals surface area contributed by atoms with Crippen LogP contribution in [0.3, 0.4) is 0 Å². The highest BCUT2D eigenvalue weighted by Gasteiger charge is 2.07. The Bertz CT molecular complexity index is 361. The maximum absolute atomic E-state index is 11.2. The number of hydrogen-bond donors (Lipinski definition) is 1. The molecule has 1 aromatic rings. The third kappa shape index (κ3) is 1.91. The van der Waals surface area contributed by atoms with Crippen LogP contribution in [-0.4, -0.2) is 15.4 Å². The van der Waals surface area contributed by atoms with E-state index >= 15 is 0 Å². The first-order valence-electron chi connectivity index (χ1n) is 2.86. The van der Waals surface area contributed by atoms with E-state index in [1.807, 2.05) is 0 Å². The van der Waals surface area contributed by atoms with E-state index in [1.165, 1.54) is 12.5 Å². The quantitative estimate of drug-likeness (QED) is 0.687. The fourth-order valence-corrected chi connectivity index (χ4v) is 1.94. The zero-order chi connectivity index (χ0) is 8.48. The van der Waals surface area contributed by atoms with Gasteiger partial charge < -0.3 is 0 Å². The van der Waals surface area contributed by atoms with E-state index in [1.54, 1.807) is 12.1 Å². The first-order valence-corrected chi connectivity index (χ1v) is 5.20. The van der Waals surface area contributed by atoms with Gasteiger partial charge in [-0.15, -0.1) is 0 Å². The van der Waals surface area contributed by atoms with Crippen LogP contribution in [0.4, 0.5) is 0 Å². The number of aromatic nitrogens is 1. The van der Waals surface area contributed by atoms with Gasteiger partial charge in [0, 0.05) is 12.5 Å². The fourth-order valence-electron chi connectivity index (χ4n) is 0.662. The van der Waals surface area contributed by atoms with Crippen LogP contribution in [0.5, 0.6) is 0 Å². The van der Waals surface area contributed by atoms with Crippen molar-refractivity contribution in [1.29, 1.82) is 4.78 Å². The highest BCUT2D eigenvalue weighted by Crippen LogP contribution is 2.17. The summed E-state index contributed by atoms with van der Waals surface area (Å²) >= 11 is 5.60. The minimum absolute atomic E-state index is 0.148. The summed E-state index contributed by atoms with van der Waals surface area (Å²) in [6.45, 7) is 0. The summed E-state index contributed by atoms with van der Waals surface area (Å²) in [4.78, 5) is 4.01. The van der Waals surface area contributed by atoms with E-state index in [9.17, 15) is 4.21 Å². The highest BCUT2D eigenvalue weighted by atomic mass is 35.5. The number of nitrogens with zero attached hydrogens (tertiary/aromatic N) is 1.